The van der Waals surface area contributed by atoms with Crippen molar-refractivity contribution >= 4 is 5.97 Å². The molecule has 0 aliphatic rings. The summed E-state index contributed by atoms with van der Waals surface area (Å²) in [5.74, 6) is 0.193. The molecule has 0 aromatic heterocycles. The van der Waals surface area contributed by atoms with Gasteiger partial charge in [-0.05, 0) is 33.1 Å². The van der Waals surface area contributed by atoms with Crippen LogP contribution in [0.5, 0.6) is 0 Å². The molecule has 0 spiro atoms. The molecule has 3 heteroatoms. The smallest absolute Gasteiger partial charge is 0.335 e. The number of hydrogen-bond donors (Lipinski definition) is 0. The normalized spacial score (nSPS) is 13.4. The third-order valence-electron chi connectivity index (χ3n) is 1.67. The first-order valence-corrected chi connectivity index (χ1v) is 5.29. The highest BCUT2D eigenvalue weighted by Gasteiger charge is 2.22. The number of ether oxygens (including phenoxy) is 2. The van der Waals surface area contributed by atoms with E-state index in [0.717, 1.165) is 6.42 Å². The number of rotatable bonds is 6. The fraction of sp³-hybridized carbons (Fsp3) is 0.909. The van der Waals surface area contributed by atoms with Gasteiger partial charge in [-0.15, -0.1) is 0 Å². The minimum Gasteiger partial charge on any atom is -0.464 e. The number of esters is 1. The second kappa shape index (κ2) is 6.82. The Morgan fingerprint density at radius 2 is 1.79 bits per heavy atom. The lowest BCUT2D eigenvalue weighted by atomic mass is 10.1. The maximum absolute atomic E-state index is 11.5. The minimum atomic E-state index is -0.407. The first-order chi connectivity index (χ1) is 6.47. The Bertz CT molecular complexity index is 154. The minimum absolute atomic E-state index is 0.0585. The highest BCUT2D eigenvalue weighted by atomic mass is 16.6. The van der Waals surface area contributed by atoms with Gasteiger partial charge in [0.1, 0.15) is 0 Å². The highest BCUT2D eigenvalue weighted by Crippen LogP contribution is 2.12. The Hall–Kier alpha value is -0.570. The topological polar surface area (TPSA) is 35.5 Å². The third kappa shape index (κ3) is 5.97. The molecule has 0 bridgehead atoms. The number of carbonyl (C=O) groups excluding carboxylic acids is 1. The van der Waals surface area contributed by atoms with Gasteiger partial charge in [-0.25, -0.2) is 4.79 Å². The Balaban J connectivity index is 4.15. The van der Waals surface area contributed by atoms with Crippen LogP contribution in [0.25, 0.3) is 0 Å². The lowest BCUT2D eigenvalue weighted by Crippen LogP contribution is -2.30. The van der Waals surface area contributed by atoms with E-state index in [9.17, 15) is 4.79 Å². The predicted molar refractivity (Wildman–Crippen MR) is 56.1 cm³/mol. The molecule has 0 aromatic carbocycles. The molecule has 0 unspecified atom stereocenters. The van der Waals surface area contributed by atoms with Crippen LogP contribution >= 0.6 is 0 Å². The van der Waals surface area contributed by atoms with Gasteiger partial charge in [-0.1, -0.05) is 13.8 Å². The molecule has 0 aliphatic carbocycles. The number of carbonyl (C=O) groups is 1. The van der Waals surface area contributed by atoms with Crippen molar-refractivity contribution in [2.24, 2.45) is 5.92 Å². The summed E-state index contributed by atoms with van der Waals surface area (Å²) in [5.41, 5.74) is 0. The van der Waals surface area contributed by atoms with Crippen LogP contribution in [0.4, 0.5) is 0 Å². The van der Waals surface area contributed by atoms with E-state index in [-0.39, 0.29) is 12.1 Å². The largest absolute Gasteiger partial charge is 0.464 e. The summed E-state index contributed by atoms with van der Waals surface area (Å²) in [6, 6.07) is 0. The zero-order chi connectivity index (χ0) is 11.1. The SMILES string of the molecule is CCOC(=O)[C@H](CC(C)C)OC(C)C. The van der Waals surface area contributed by atoms with Crippen LogP contribution < -0.4 is 0 Å². The van der Waals surface area contributed by atoms with Crippen molar-refractivity contribution in [3.05, 3.63) is 0 Å². The van der Waals surface area contributed by atoms with E-state index < -0.39 is 6.10 Å². The van der Waals surface area contributed by atoms with E-state index in [1.165, 1.54) is 0 Å². The van der Waals surface area contributed by atoms with Crippen LogP contribution in [0.1, 0.15) is 41.0 Å². The van der Waals surface area contributed by atoms with Crippen molar-refractivity contribution < 1.29 is 14.3 Å². The van der Waals surface area contributed by atoms with Gasteiger partial charge in [-0.3, -0.25) is 0 Å². The van der Waals surface area contributed by atoms with E-state index in [1.54, 1.807) is 6.92 Å². The van der Waals surface area contributed by atoms with E-state index in [2.05, 4.69) is 13.8 Å². The molecule has 0 aliphatic heterocycles. The molecule has 1 atom stereocenters. The second-order valence-electron chi connectivity index (χ2n) is 4.06. The third-order valence-corrected chi connectivity index (χ3v) is 1.67. The Morgan fingerprint density at radius 3 is 2.14 bits per heavy atom. The first-order valence-electron chi connectivity index (χ1n) is 5.29. The quantitative estimate of drug-likeness (QED) is 0.620. The lowest BCUT2D eigenvalue weighted by molar-refractivity contribution is -0.160. The van der Waals surface area contributed by atoms with E-state index in [4.69, 9.17) is 9.47 Å². The van der Waals surface area contributed by atoms with E-state index >= 15 is 0 Å². The molecule has 0 fully saturated rings. The molecule has 0 saturated heterocycles. The van der Waals surface area contributed by atoms with Gasteiger partial charge in [0.15, 0.2) is 6.10 Å². The van der Waals surface area contributed by atoms with Gasteiger partial charge in [0.2, 0.25) is 0 Å². The molecule has 0 N–H and O–H groups in total. The standard InChI is InChI=1S/C11H22O3/c1-6-13-11(12)10(7-8(2)3)14-9(4)5/h8-10H,6-7H2,1-5H3/t10-/m0/s1. The van der Waals surface area contributed by atoms with Crippen LogP contribution in [0.3, 0.4) is 0 Å². The zero-order valence-electron chi connectivity index (χ0n) is 9.87. The van der Waals surface area contributed by atoms with Crippen molar-refractivity contribution in [2.75, 3.05) is 6.61 Å². The molecule has 84 valence electrons. The Labute approximate surface area is 86.8 Å². The number of hydrogen-bond acceptors (Lipinski definition) is 3. The summed E-state index contributed by atoms with van der Waals surface area (Å²) in [7, 11) is 0. The van der Waals surface area contributed by atoms with E-state index in [1.807, 2.05) is 13.8 Å². The van der Waals surface area contributed by atoms with Gasteiger partial charge >= 0.3 is 5.97 Å². The molecule has 0 heterocycles. The van der Waals surface area contributed by atoms with Crippen LogP contribution in [-0.2, 0) is 14.3 Å². The van der Waals surface area contributed by atoms with Crippen molar-refractivity contribution in [3.63, 3.8) is 0 Å². The fourth-order valence-electron chi connectivity index (χ4n) is 1.20. The van der Waals surface area contributed by atoms with Crippen LogP contribution in [0.15, 0.2) is 0 Å². The lowest BCUT2D eigenvalue weighted by Gasteiger charge is -2.20. The molecular weight excluding hydrogens is 180 g/mol. The van der Waals surface area contributed by atoms with E-state index in [0.29, 0.717) is 12.5 Å². The summed E-state index contributed by atoms with van der Waals surface area (Å²) in [6.07, 6.45) is 0.370. The van der Waals surface area contributed by atoms with Gasteiger partial charge in [0, 0.05) is 0 Å². The molecule has 0 saturated carbocycles. The summed E-state index contributed by atoms with van der Waals surface area (Å²) in [4.78, 5) is 11.5. The molecular formula is C11H22O3. The molecule has 0 amide bonds. The van der Waals surface area contributed by atoms with Gasteiger partial charge < -0.3 is 9.47 Å². The fourth-order valence-corrected chi connectivity index (χ4v) is 1.20. The Morgan fingerprint density at radius 1 is 1.21 bits per heavy atom. The molecule has 14 heavy (non-hydrogen) atoms. The molecule has 0 radical (unpaired) electrons. The molecule has 0 rings (SSSR count). The average Bonchev–Trinajstić information content (AvgIpc) is 2.01. The van der Waals surface area contributed by atoms with Crippen molar-refractivity contribution in [2.45, 2.75) is 53.2 Å². The molecule has 0 aromatic rings. The summed E-state index contributed by atoms with van der Waals surface area (Å²) in [5, 5.41) is 0. The van der Waals surface area contributed by atoms with Crippen LogP contribution in [0.2, 0.25) is 0 Å². The second-order valence-corrected chi connectivity index (χ2v) is 4.06. The monoisotopic (exact) mass is 202 g/mol. The van der Waals surface area contributed by atoms with Crippen molar-refractivity contribution in [1.82, 2.24) is 0 Å². The van der Waals surface area contributed by atoms with Gasteiger partial charge in [0.05, 0.1) is 12.7 Å². The summed E-state index contributed by atoms with van der Waals surface area (Å²) < 4.78 is 10.4. The Kier molecular flexibility index (Phi) is 6.54. The maximum atomic E-state index is 11.5. The summed E-state index contributed by atoms with van der Waals surface area (Å²) in [6.45, 7) is 10.2. The van der Waals surface area contributed by atoms with Crippen molar-refractivity contribution in [1.29, 1.82) is 0 Å². The van der Waals surface area contributed by atoms with Crippen LogP contribution in [-0.4, -0.2) is 24.8 Å². The van der Waals surface area contributed by atoms with Crippen molar-refractivity contribution in [3.8, 4) is 0 Å². The van der Waals surface area contributed by atoms with Gasteiger partial charge in [0.25, 0.3) is 0 Å². The van der Waals surface area contributed by atoms with Crippen LogP contribution in [0, 0.1) is 5.92 Å². The highest BCUT2D eigenvalue weighted by molar-refractivity contribution is 5.74. The summed E-state index contributed by atoms with van der Waals surface area (Å²) >= 11 is 0. The molecule has 3 nitrogen and oxygen atoms in total. The maximum Gasteiger partial charge on any atom is 0.335 e. The average molecular weight is 202 g/mol. The first kappa shape index (κ1) is 13.4. The van der Waals surface area contributed by atoms with Gasteiger partial charge in [-0.2, -0.15) is 0 Å². The predicted octanol–water partition coefficient (Wildman–Crippen LogP) is 2.39. The zero-order valence-corrected chi connectivity index (χ0v) is 9.87.